The van der Waals surface area contributed by atoms with Crippen molar-refractivity contribution in [3.63, 3.8) is 0 Å². The third-order valence-electron chi connectivity index (χ3n) is 3.48. The summed E-state index contributed by atoms with van der Waals surface area (Å²) in [5, 5.41) is 3.51. The van der Waals surface area contributed by atoms with Gasteiger partial charge in [0.2, 0.25) is 0 Å². The standard InChI is InChI=1S/C16H25NO/c1-11(2)14-6-5-12(3)16(9-14)18-13(4)10-17-15-7-8-15/h5-6,9,11,13,15,17H,7-8,10H2,1-4H3. The molecule has 18 heavy (non-hydrogen) atoms. The first-order valence-electron chi connectivity index (χ1n) is 7.07. The second kappa shape index (κ2) is 5.75. The maximum atomic E-state index is 6.05. The van der Waals surface area contributed by atoms with Crippen LogP contribution in [0.15, 0.2) is 18.2 Å². The van der Waals surface area contributed by atoms with Crippen LogP contribution < -0.4 is 10.1 Å². The number of rotatable bonds is 6. The molecular formula is C16H25NO. The van der Waals surface area contributed by atoms with Gasteiger partial charge < -0.3 is 10.1 Å². The maximum absolute atomic E-state index is 6.05. The fourth-order valence-electron chi connectivity index (χ4n) is 1.98. The smallest absolute Gasteiger partial charge is 0.122 e. The summed E-state index contributed by atoms with van der Waals surface area (Å²) >= 11 is 0. The van der Waals surface area contributed by atoms with Crippen LogP contribution in [-0.4, -0.2) is 18.7 Å². The number of hydrogen-bond acceptors (Lipinski definition) is 2. The molecule has 0 heterocycles. The van der Waals surface area contributed by atoms with E-state index < -0.39 is 0 Å². The molecule has 1 aromatic carbocycles. The summed E-state index contributed by atoms with van der Waals surface area (Å²) < 4.78 is 6.05. The van der Waals surface area contributed by atoms with E-state index in [0.717, 1.165) is 18.3 Å². The van der Waals surface area contributed by atoms with E-state index in [1.807, 2.05) is 0 Å². The number of ether oxygens (including phenoxy) is 1. The van der Waals surface area contributed by atoms with Gasteiger partial charge in [-0.05, 0) is 49.8 Å². The molecule has 0 amide bonds. The zero-order chi connectivity index (χ0) is 13.1. The molecule has 2 heteroatoms. The van der Waals surface area contributed by atoms with E-state index in [1.165, 1.54) is 24.0 Å². The molecule has 0 aromatic heterocycles. The predicted octanol–water partition coefficient (Wildman–Crippen LogP) is 3.64. The third-order valence-corrected chi connectivity index (χ3v) is 3.48. The van der Waals surface area contributed by atoms with E-state index in [4.69, 9.17) is 4.74 Å². The highest BCUT2D eigenvalue weighted by Gasteiger charge is 2.21. The molecule has 1 aromatic rings. The minimum atomic E-state index is 0.228. The van der Waals surface area contributed by atoms with Crippen molar-refractivity contribution >= 4 is 0 Å². The van der Waals surface area contributed by atoms with Gasteiger partial charge in [-0.2, -0.15) is 0 Å². The summed E-state index contributed by atoms with van der Waals surface area (Å²) in [4.78, 5) is 0. The topological polar surface area (TPSA) is 21.3 Å². The van der Waals surface area contributed by atoms with E-state index in [2.05, 4.69) is 51.2 Å². The molecule has 1 saturated carbocycles. The zero-order valence-corrected chi connectivity index (χ0v) is 12.0. The summed E-state index contributed by atoms with van der Waals surface area (Å²) in [6.07, 6.45) is 2.88. The number of benzene rings is 1. The Hall–Kier alpha value is -1.02. The molecule has 0 bridgehead atoms. The maximum Gasteiger partial charge on any atom is 0.122 e. The van der Waals surface area contributed by atoms with Gasteiger partial charge >= 0.3 is 0 Å². The molecule has 1 atom stereocenters. The van der Waals surface area contributed by atoms with Crippen LogP contribution in [0.25, 0.3) is 0 Å². The Kier molecular flexibility index (Phi) is 4.28. The summed E-state index contributed by atoms with van der Waals surface area (Å²) in [6.45, 7) is 9.62. The highest BCUT2D eigenvalue weighted by Crippen LogP contribution is 2.25. The van der Waals surface area contributed by atoms with Gasteiger partial charge in [0.05, 0.1) is 0 Å². The van der Waals surface area contributed by atoms with Crippen molar-refractivity contribution in [3.8, 4) is 5.75 Å². The van der Waals surface area contributed by atoms with Crippen molar-refractivity contribution in [1.29, 1.82) is 0 Å². The van der Waals surface area contributed by atoms with Crippen molar-refractivity contribution in [2.75, 3.05) is 6.54 Å². The van der Waals surface area contributed by atoms with Gasteiger partial charge in [-0.3, -0.25) is 0 Å². The molecule has 100 valence electrons. The average molecular weight is 247 g/mol. The largest absolute Gasteiger partial charge is 0.489 e. The first kappa shape index (κ1) is 13.4. The molecule has 2 nitrogen and oxygen atoms in total. The molecule has 0 aliphatic heterocycles. The van der Waals surface area contributed by atoms with Crippen LogP contribution in [0.1, 0.15) is 50.7 Å². The molecule has 0 saturated heterocycles. The Labute approximate surface area is 111 Å². The quantitative estimate of drug-likeness (QED) is 0.828. The molecule has 1 fully saturated rings. The lowest BCUT2D eigenvalue weighted by Crippen LogP contribution is -2.30. The lowest BCUT2D eigenvalue weighted by atomic mass is 10.0. The Bertz CT molecular complexity index is 396. The monoisotopic (exact) mass is 247 g/mol. The minimum absolute atomic E-state index is 0.228. The van der Waals surface area contributed by atoms with Crippen LogP contribution in [0.5, 0.6) is 5.75 Å². The van der Waals surface area contributed by atoms with E-state index in [0.29, 0.717) is 5.92 Å². The molecule has 0 radical (unpaired) electrons. The van der Waals surface area contributed by atoms with Gasteiger partial charge in [-0.25, -0.2) is 0 Å². The van der Waals surface area contributed by atoms with Gasteiger partial charge in [0, 0.05) is 12.6 Å². The summed E-state index contributed by atoms with van der Waals surface area (Å²) in [5.74, 6) is 1.58. The van der Waals surface area contributed by atoms with E-state index in [-0.39, 0.29) is 6.10 Å². The Morgan fingerprint density at radius 3 is 2.61 bits per heavy atom. The second-order valence-electron chi connectivity index (χ2n) is 5.79. The SMILES string of the molecule is Cc1ccc(C(C)C)cc1OC(C)CNC1CC1. The normalized spacial score (nSPS) is 16.9. The van der Waals surface area contributed by atoms with Crippen LogP contribution in [0, 0.1) is 6.92 Å². The van der Waals surface area contributed by atoms with Crippen molar-refractivity contribution in [2.24, 2.45) is 0 Å². The van der Waals surface area contributed by atoms with Crippen molar-refractivity contribution in [1.82, 2.24) is 5.32 Å². The summed E-state index contributed by atoms with van der Waals surface area (Å²) in [5.41, 5.74) is 2.57. The molecule has 1 aliphatic carbocycles. The summed E-state index contributed by atoms with van der Waals surface area (Å²) in [6, 6.07) is 7.29. The molecular weight excluding hydrogens is 222 g/mol. The van der Waals surface area contributed by atoms with Crippen molar-refractivity contribution in [3.05, 3.63) is 29.3 Å². The molecule has 1 N–H and O–H groups in total. The van der Waals surface area contributed by atoms with E-state index in [1.54, 1.807) is 0 Å². The highest BCUT2D eigenvalue weighted by molar-refractivity contribution is 5.37. The van der Waals surface area contributed by atoms with Gasteiger partial charge in [0.1, 0.15) is 11.9 Å². The fraction of sp³-hybridized carbons (Fsp3) is 0.625. The Morgan fingerprint density at radius 1 is 1.28 bits per heavy atom. The van der Waals surface area contributed by atoms with Gasteiger partial charge in [0.15, 0.2) is 0 Å². The lowest BCUT2D eigenvalue weighted by molar-refractivity contribution is 0.215. The average Bonchev–Trinajstić information content (AvgIpc) is 3.13. The Balaban J connectivity index is 1.95. The third kappa shape index (κ3) is 3.74. The fourth-order valence-corrected chi connectivity index (χ4v) is 1.98. The minimum Gasteiger partial charge on any atom is -0.489 e. The van der Waals surface area contributed by atoms with Crippen molar-refractivity contribution in [2.45, 2.75) is 58.6 Å². The zero-order valence-electron chi connectivity index (χ0n) is 12.0. The number of aryl methyl sites for hydroxylation is 1. The van der Waals surface area contributed by atoms with Crippen LogP contribution in [-0.2, 0) is 0 Å². The molecule has 0 spiro atoms. The van der Waals surface area contributed by atoms with Crippen LogP contribution in [0.2, 0.25) is 0 Å². The van der Waals surface area contributed by atoms with Crippen molar-refractivity contribution < 1.29 is 4.74 Å². The second-order valence-corrected chi connectivity index (χ2v) is 5.79. The molecule has 1 unspecified atom stereocenters. The number of nitrogens with one attached hydrogen (secondary N) is 1. The van der Waals surface area contributed by atoms with Gasteiger partial charge in [0.25, 0.3) is 0 Å². The van der Waals surface area contributed by atoms with Gasteiger partial charge in [-0.1, -0.05) is 26.0 Å². The van der Waals surface area contributed by atoms with Crippen LogP contribution in [0.4, 0.5) is 0 Å². The first-order valence-corrected chi connectivity index (χ1v) is 7.07. The number of hydrogen-bond donors (Lipinski definition) is 1. The van der Waals surface area contributed by atoms with Gasteiger partial charge in [-0.15, -0.1) is 0 Å². The lowest BCUT2D eigenvalue weighted by Gasteiger charge is -2.18. The van der Waals surface area contributed by atoms with Crippen LogP contribution in [0.3, 0.4) is 0 Å². The summed E-state index contributed by atoms with van der Waals surface area (Å²) in [7, 11) is 0. The van der Waals surface area contributed by atoms with Crippen LogP contribution >= 0.6 is 0 Å². The molecule has 2 rings (SSSR count). The predicted molar refractivity (Wildman–Crippen MR) is 76.4 cm³/mol. The Morgan fingerprint density at radius 2 is 2.00 bits per heavy atom. The highest BCUT2D eigenvalue weighted by atomic mass is 16.5. The molecule has 1 aliphatic rings. The van der Waals surface area contributed by atoms with E-state index in [9.17, 15) is 0 Å². The first-order chi connectivity index (χ1) is 8.56. The van der Waals surface area contributed by atoms with E-state index >= 15 is 0 Å².